The van der Waals surface area contributed by atoms with E-state index in [1.165, 1.54) is 0 Å². The van der Waals surface area contributed by atoms with Crippen molar-refractivity contribution in [1.82, 2.24) is 10.3 Å². The average molecular weight is 452 g/mol. The number of aryl methyl sites for hydroxylation is 1. The SMILES string of the molecule is Cc1cc(C(=O)NC[C@@H]2CCCC[C@@H]2O)nc2c(C(C)(C)C)cc(NCC(F)(F)F)cc12. The maximum atomic E-state index is 12.8. The second kappa shape index (κ2) is 9.25. The minimum Gasteiger partial charge on any atom is -0.393 e. The first-order valence-electron chi connectivity index (χ1n) is 11.1. The Hall–Kier alpha value is -2.35. The molecule has 2 atom stereocenters. The maximum absolute atomic E-state index is 12.8. The standard InChI is InChI=1S/C24H32F3N3O2/c1-14-9-19(22(32)28-12-15-7-5-6-8-20(15)31)30-21-17(14)10-16(29-13-24(25,26)27)11-18(21)23(2,3)4/h9-11,15,20,29,31H,5-8,12-13H2,1-4H3,(H,28,32)/t15-,20-/m0/s1. The Morgan fingerprint density at radius 3 is 2.47 bits per heavy atom. The normalized spacial score (nSPS) is 19.8. The van der Waals surface area contributed by atoms with Crippen LogP contribution in [0.2, 0.25) is 0 Å². The lowest BCUT2D eigenvalue weighted by molar-refractivity contribution is -0.115. The number of nitrogens with zero attached hydrogens (tertiary/aromatic N) is 1. The monoisotopic (exact) mass is 451 g/mol. The third-order valence-corrected chi connectivity index (χ3v) is 6.05. The number of pyridine rings is 1. The van der Waals surface area contributed by atoms with Gasteiger partial charge in [-0.15, -0.1) is 0 Å². The molecule has 0 aliphatic heterocycles. The first-order chi connectivity index (χ1) is 14.8. The summed E-state index contributed by atoms with van der Waals surface area (Å²) in [6, 6.07) is 4.99. The second-order valence-corrected chi connectivity index (χ2v) is 9.79. The second-order valence-electron chi connectivity index (χ2n) is 9.79. The van der Waals surface area contributed by atoms with Crippen LogP contribution in [0.1, 0.15) is 68.1 Å². The van der Waals surface area contributed by atoms with Crippen molar-refractivity contribution in [3.05, 3.63) is 35.0 Å². The number of rotatable bonds is 5. The van der Waals surface area contributed by atoms with Crippen LogP contribution < -0.4 is 10.6 Å². The van der Waals surface area contributed by atoms with E-state index >= 15 is 0 Å². The van der Waals surface area contributed by atoms with Crippen molar-refractivity contribution in [2.24, 2.45) is 5.92 Å². The summed E-state index contributed by atoms with van der Waals surface area (Å²) < 4.78 is 38.1. The van der Waals surface area contributed by atoms with E-state index in [-0.39, 0.29) is 17.5 Å². The number of carbonyl (C=O) groups excluding carboxylic acids is 1. The molecule has 32 heavy (non-hydrogen) atoms. The summed E-state index contributed by atoms with van der Waals surface area (Å²) in [5.74, 6) is -0.270. The molecule has 1 heterocycles. The number of carbonyl (C=O) groups is 1. The van der Waals surface area contributed by atoms with E-state index in [1.54, 1.807) is 18.2 Å². The summed E-state index contributed by atoms with van der Waals surface area (Å²) in [4.78, 5) is 17.4. The first kappa shape index (κ1) is 24.3. The predicted octanol–water partition coefficient (Wildman–Crippen LogP) is 5.10. The molecule has 0 unspecified atom stereocenters. The number of aromatic nitrogens is 1. The van der Waals surface area contributed by atoms with Gasteiger partial charge in [-0.3, -0.25) is 4.79 Å². The number of nitrogens with one attached hydrogen (secondary N) is 2. The molecule has 1 saturated carbocycles. The first-order valence-corrected chi connectivity index (χ1v) is 11.1. The van der Waals surface area contributed by atoms with E-state index in [0.717, 1.165) is 36.8 Å². The lowest BCUT2D eigenvalue weighted by Gasteiger charge is -2.27. The van der Waals surface area contributed by atoms with E-state index < -0.39 is 24.2 Å². The Morgan fingerprint density at radius 1 is 1.16 bits per heavy atom. The number of halogens is 3. The fraction of sp³-hybridized carbons (Fsp3) is 0.583. The highest BCUT2D eigenvalue weighted by atomic mass is 19.4. The molecular weight excluding hydrogens is 419 g/mol. The van der Waals surface area contributed by atoms with Gasteiger partial charge in [-0.25, -0.2) is 4.98 Å². The summed E-state index contributed by atoms with van der Waals surface area (Å²) >= 11 is 0. The molecule has 176 valence electrons. The van der Waals surface area contributed by atoms with Gasteiger partial charge < -0.3 is 15.7 Å². The van der Waals surface area contributed by atoms with Crippen LogP contribution in [0.25, 0.3) is 10.9 Å². The molecule has 0 bridgehead atoms. The molecule has 1 aromatic carbocycles. The fourth-order valence-corrected chi connectivity index (χ4v) is 4.22. The van der Waals surface area contributed by atoms with Gasteiger partial charge in [-0.2, -0.15) is 13.2 Å². The van der Waals surface area contributed by atoms with Crippen LogP contribution in [0, 0.1) is 12.8 Å². The number of amides is 1. The predicted molar refractivity (Wildman–Crippen MR) is 120 cm³/mol. The van der Waals surface area contributed by atoms with Crippen molar-refractivity contribution in [3.8, 4) is 0 Å². The minimum atomic E-state index is -4.32. The van der Waals surface area contributed by atoms with E-state index in [0.29, 0.717) is 23.1 Å². The molecule has 3 N–H and O–H groups in total. The number of hydrogen-bond acceptors (Lipinski definition) is 4. The number of aliphatic hydroxyl groups is 1. The Bertz CT molecular complexity index is 983. The number of anilines is 1. The van der Waals surface area contributed by atoms with Crippen LogP contribution >= 0.6 is 0 Å². The maximum Gasteiger partial charge on any atom is 0.405 e. The highest BCUT2D eigenvalue weighted by Gasteiger charge is 2.28. The molecule has 0 radical (unpaired) electrons. The van der Waals surface area contributed by atoms with Crippen molar-refractivity contribution >= 4 is 22.5 Å². The van der Waals surface area contributed by atoms with Gasteiger partial charge in [-0.05, 0) is 54.5 Å². The number of alkyl halides is 3. The third kappa shape index (κ3) is 5.91. The van der Waals surface area contributed by atoms with E-state index in [2.05, 4.69) is 15.6 Å². The summed E-state index contributed by atoms with van der Waals surface area (Å²) in [5, 5.41) is 16.2. The smallest absolute Gasteiger partial charge is 0.393 e. The Kier molecular flexibility index (Phi) is 7.03. The van der Waals surface area contributed by atoms with Crippen LogP contribution in [0.5, 0.6) is 0 Å². The summed E-state index contributed by atoms with van der Waals surface area (Å²) in [5.41, 5.74) is 2.38. The Balaban J connectivity index is 1.92. The zero-order valence-electron chi connectivity index (χ0n) is 19.1. The Morgan fingerprint density at radius 2 is 1.84 bits per heavy atom. The number of benzene rings is 1. The highest BCUT2D eigenvalue weighted by Crippen LogP contribution is 2.34. The fourth-order valence-electron chi connectivity index (χ4n) is 4.22. The molecule has 2 aromatic rings. The van der Waals surface area contributed by atoms with Crippen LogP contribution in [0.3, 0.4) is 0 Å². The summed E-state index contributed by atoms with van der Waals surface area (Å²) in [6.45, 7) is 6.98. The van der Waals surface area contributed by atoms with E-state index in [4.69, 9.17) is 0 Å². The molecular formula is C24H32F3N3O2. The molecule has 1 aliphatic carbocycles. The average Bonchev–Trinajstić information content (AvgIpc) is 2.69. The lowest BCUT2D eigenvalue weighted by Crippen LogP contribution is -2.37. The van der Waals surface area contributed by atoms with Crippen molar-refractivity contribution in [1.29, 1.82) is 0 Å². The number of aliphatic hydroxyl groups excluding tert-OH is 1. The molecule has 1 aliphatic rings. The van der Waals surface area contributed by atoms with Crippen molar-refractivity contribution in [2.45, 2.75) is 71.1 Å². The highest BCUT2D eigenvalue weighted by molar-refractivity contribution is 5.97. The topological polar surface area (TPSA) is 74.2 Å². The van der Waals surface area contributed by atoms with Gasteiger partial charge in [-0.1, -0.05) is 33.6 Å². The number of fused-ring (bicyclic) bond motifs is 1. The van der Waals surface area contributed by atoms with Gasteiger partial charge in [0.05, 0.1) is 11.6 Å². The summed E-state index contributed by atoms with van der Waals surface area (Å²) in [7, 11) is 0. The van der Waals surface area contributed by atoms with Gasteiger partial charge in [0.15, 0.2) is 0 Å². The van der Waals surface area contributed by atoms with Crippen LogP contribution in [0.4, 0.5) is 18.9 Å². The minimum absolute atomic E-state index is 0.0432. The van der Waals surface area contributed by atoms with Crippen LogP contribution in [-0.2, 0) is 5.41 Å². The van der Waals surface area contributed by atoms with Gasteiger partial charge in [0.25, 0.3) is 5.91 Å². The van der Waals surface area contributed by atoms with Crippen molar-refractivity contribution < 1.29 is 23.1 Å². The molecule has 1 aromatic heterocycles. The van der Waals surface area contributed by atoms with Gasteiger partial charge >= 0.3 is 6.18 Å². The van der Waals surface area contributed by atoms with Crippen LogP contribution in [0.15, 0.2) is 18.2 Å². The van der Waals surface area contributed by atoms with Gasteiger partial charge in [0.1, 0.15) is 12.2 Å². The van der Waals surface area contributed by atoms with Crippen LogP contribution in [-0.4, -0.2) is 41.4 Å². The van der Waals surface area contributed by atoms with E-state index in [9.17, 15) is 23.1 Å². The van der Waals surface area contributed by atoms with Gasteiger partial charge in [0.2, 0.25) is 0 Å². The molecule has 1 fully saturated rings. The molecule has 0 saturated heterocycles. The molecule has 3 rings (SSSR count). The molecule has 0 spiro atoms. The van der Waals surface area contributed by atoms with Crippen molar-refractivity contribution in [3.63, 3.8) is 0 Å². The molecule has 1 amide bonds. The summed E-state index contributed by atoms with van der Waals surface area (Å²) in [6.07, 6.45) is -1.03. The van der Waals surface area contributed by atoms with E-state index in [1.807, 2.05) is 27.7 Å². The zero-order chi connectivity index (χ0) is 23.7. The zero-order valence-corrected chi connectivity index (χ0v) is 19.1. The molecule has 5 nitrogen and oxygen atoms in total. The quantitative estimate of drug-likeness (QED) is 0.592. The largest absolute Gasteiger partial charge is 0.405 e. The van der Waals surface area contributed by atoms with Gasteiger partial charge in [0, 0.05) is 23.5 Å². The lowest BCUT2D eigenvalue weighted by atomic mass is 9.84. The third-order valence-electron chi connectivity index (χ3n) is 6.05. The number of hydrogen-bond donors (Lipinski definition) is 3. The molecule has 8 heteroatoms. The van der Waals surface area contributed by atoms with Crippen molar-refractivity contribution in [2.75, 3.05) is 18.4 Å². The Labute approximate surface area is 186 Å².